The zero-order chi connectivity index (χ0) is 18.0. The molecule has 0 radical (unpaired) electrons. The molecule has 0 bridgehead atoms. The molecule has 1 atom stereocenters. The molecule has 0 aliphatic heterocycles. The molecule has 0 spiro atoms. The SMILES string of the molecule is CC(C)=C(C)c1ccc(C(=O)C(C)C(C)(C)OS(C)(=O)=O)cc1. The molecule has 0 amide bonds. The van der Waals surface area contributed by atoms with Gasteiger partial charge in [0, 0.05) is 11.5 Å². The lowest BCUT2D eigenvalue weighted by molar-refractivity contribution is 0.0483. The van der Waals surface area contributed by atoms with Gasteiger partial charge in [-0.05, 0) is 45.8 Å². The standard InChI is InChI=1S/C18H26O4S/c1-12(2)13(3)15-8-10-16(11-9-15)17(19)14(4)18(5,6)22-23(7,20)21/h8-11,14H,1-7H3. The van der Waals surface area contributed by atoms with E-state index in [0.717, 1.165) is 11.8 Å². The third kappa shape index (κ3) is 5.29. The normalized spacial score (nSPS) is 13.5. The highest BCUT2D eigenvalue weighted by Crippen LogP contribution is 2.27. The maximum Gasteiger partial charge on any atom is 0.264 e. The van der Waals surface area contributed by atoms with Crippen molar-refractivity contribution in [2.24, 2.45) is 5.92 Å². The highest BCUT2D eigenvalue weighted by atomic mass is 32.2. The molecule has 1 aromatic rings. The van der Waals surface area contributed by atoms with Crippen LogP contribution in [0.1, 0.15) is 57.5 Å². The maximum absolute atomic E-state index is 12.6. The van der Waals surface area contributed by atoms with Gasteiger partial charge < -0.3 is 0 Å². The van der Waals surface area contributed by atoms with Crippen molar-refractivity contribution in [2.45, 2.75) is 47.1 Å². The van der Waals surface area contributed by atoms with Gasteiger partial charge in [-0.1, -0.05) is 36.8 Å². The van der Waals surface area contributed by atoms with E-state index in [1.54, 1.807) is 32.9 Å². The lowest BCUT2D eigenvalue weighted by Crippen LogP contribution is -2.39. The largest absolute Gasteiger partial charge is 0.294 e. The number of allylic oxidation sites excluding steroid dienone is 2. The van der Waals surface area contributed by atoms with Crippen LogP contribution in [0.5, 0.6) is 0 Å². The minimum absolute atomic E-state index is 0.139. The van der Waals surface area contributed by atoms with Crippen LogP contribution < -0.4 is 0 Å². The number of ketones is 1. The van der Waals surface area contributed by atoms with Crippen LogP contribution in [0.25, 0.3) is 5.57 Å². The number of carbonyl (C=O) groups excluding carboxylic acids is 1. The summed E-state index contributed by atoms with van der Waals surface area (Å²) in [7, 11) is -3.63. The van der Waals surface area contributed by atoms with Gasteiger partial charge in [-0.25, -0.2) is 0 Å². The summed E-state index contributed by atoms with van der Waals surface area (Å²) in [6.45, 7) is 11.0. The summed E-state index contributed by atoms with van der Waals surface area (Å²) in [5.74, 6) is -0.729. The highest BCUT2D eigenvalue weighted by molar-refractivity contribution is 7.86. The number of hydrogen-bond acceptors (Lipinski definition) is 4. The number of benzene rings is 1. The number of rotatable bonds is 6. The lowest BCUT2D eigenvalue weighted by atomic mass is 9.85. The van der Waals surface area contributed by atoms with E-state index in [1.165, 1.54) is 11.1 Å². The van der Waals surface area contributed by atoms with Gasteiger partial charge >= 0.3 is 0 Å². The monoisotopic (exact) mass is 338 g/mol. The summed E-state index contributed by atoms with van der Waals surface area (Å²) in [5.41, 5.74) is 2.92. The smallest absolute Gasteiger partial charge is 0.264 e. The third-order valence-corrected chi connectivity index (χ3v) is 4.89. The fourth-order valence-electron chi connectivity index (χ4n) is 2.20. The van der Waals surface area contributed by atoms with Crippen molar-refractivity contribution in [1.29, 1.82) is 0 Å². The molecule has 0 saturated carbocycles. The van der Waals surface area contributed by atoms with Gasteiger partial charge in [-0.3, -0.25) is 8.98 Å². The Morgan fingerprint density at radius 2 is 1.48 bits per heavy atom. The first-order chi connectivity index (χ1) is 10.3. The Kier molecular flexibility index (Phi) is 5.94. The Hall–Kier alpha value is -1.46. The molecule has 0 N–H and O–H groups in total. The average molecular weight is 338 g/mol. The van der Waals surface area contributed by atoms with Crippen molar-refractivity contribution in [3.8, 4) is 0 Å². The molecule has 0 aliphatic carbocycles. The molecule has 1 aromatic carbocycles. The molecule has 1 unspecified atom stereocenters. The highest BCUT2D eigenvalue weighted by Gasteiger charge is 2.36. The van der Waals surface area contributed by atoms with Crippen LogP contribution in [0, 0.1) is 5.92 Å². The van der Waals surface area contributed by atoms with E-state index in [-0.39, 0.29) is 5.78 Å². The van der Waals surface area contributed by atoms with Crippen LogP contribution in [-0.2, 0) is 14.3 Å². The molecule has 1 rings (SSSR count). The quantitative estimate of drug-likeness (QED) is 0.579. The number of Topliss-reactive ketones (excluding diaryl/α,β-unsaturated/α-hetero) is 1. The Morgan fingerprint density at radius 1 is 1.04 bits per heavy atom. The number of carbonyl (C=O) groups is 1. The Bertz CT molecular complexity index is 706. The fraction of sp³-hybridized carbons (Fsp3) is 0.500. The van der Waals surface area contributed by atoms with Crippen LogP contribution >= 0.6 is 0 Å². The van der Waals surface area contributed by atoms with E-state index in [4.69, 9.17) is 4.18 Å². The van der Waals surface area contributed by atoms with Crippen LogP contribution in [0.3, 0.4) is 0 Å². The van der Waals surface area contributed by atoms with Crippen molar-refractivity contribution >= 4 is 21.5 Å². The van der Waals surface area contributed by atoms with Crippen LogP contribution in [0.2, 0.25) is 0 Å². The van der Waals surface area contributed by atoms with Crippen molar-refractivity contribution in [3.05, 3.63) is 41.0 Å². The summed E-state index contributed by atoms with van der Waals surface area (Å²) in [6, 6.07) is 7.37. The third-order valence-electron chi connectivity index (χ3n) is 4.15. The first kappa shape index (κ1) is 19.6. The molecule has 0 aliphatic rings. The summed E-state index contributed by atoms with van der Waals surface area (Å²) in [4.78, 5) is 12.6. The van der Waals surface area contributed by atoms with Gasteiger partial charge in [0.2, 0.25) is 0 Å². The van der Waals surface area contributed by atoms with Crippen LogP contribution in [0.4, 0.5) is 0 Å². The Labute approximate surface area is 139 Å². The van der Waals surface area contributed by atoms with E-state index in [9.17, 15) is 13.2 Å². The molecule has 0 fully saturated rings. The second-order valence-electron chi connectivity index (χ2n) is 6.68. The van der Waals surface area contributed by atoms with Crippen molar-refractivity contribution in [1.82, 2.24) is 0 Å². The van der Waals surface area contributed by atoms with Crippen molar-refractivity contribution in [3.63, 3.8) is 0 Å². The molecule has 0 heterocycles. The summed E-state index contributed by atoms with van der Waals surface area (Å²) in [6.07, 6.45) is 0.989. The zero-order valence-corrected chi connectivity index (χ0v) is 15.7. The summed E-state index contributed by atoms with van der Waals surface area (Å²) in [5, 5.41) is 0. The maximum atomic E-state index is 12.6. The minimum atomic E-state index is -3.63. The molecule has 23 heavy (non-hydrogen) atoms. The Balaban J connectivity index is 3.04. The average Bonchev–Trinajstić information content (AvgIpc) is 2.42. The van der Waals surface area contributed by atoms with Gasteiger partial charge in [-0.15, -0.1) is 0 Å². The first-order valence-electron chi connectivity index (χ1n) is 7.54. The predicted octanol–water partition coefficient (Wildman–Crippen LogP) is 4.07. The van der Waals surface area contributed by atoms with E-state index >= 15 is 0 Å². The van der Waals surface area contributed by atoms with E-state index in [2.05, 4.69) is 0 Å². The van der Waals surface area contributed by atoms with Gasteiger partial charge in [0.25, 0.3) is 10.1 Å². The van der Waals surface area contributed by atoms with E-state index < -0.39 is 21.6 Å². The predicted molar refractivity (Wildman–Crippen MR) is 93.9 cm³/mol. The second kappa shape index (κ2) is 6.97. The van der Waals surface area contributed by atoms with E-state index in [1.807, 2.05) is 32.9 Å². The Morgan fingerprint density at radius 3 is 1.87 bits per heavy atom. The first-order valence-corrected chi connectivity index (χ1v) is 9.36. The number of hydrogen-bond donors (Lipinski definition) is 0. The fourth-order valence-corrected chi connectivity index (χ4v) is 3.13. The molecule has 0 aromatic heterocycles. The molecule has 5 heteroatoms. The van der Waals surface area contributed by atoms with Crippen LogP contribution in [0.15, 0.2) is 29.8 Å². The van der Waals surface area contributed by atoms with Crippen molar-refractivity contribution < 1.29 is 17.4 Å². The van der Waals surface area contributed by atoms with Crippen LogP contribution in [-0.4, -0.2) is 26.1 Å². The van der Waals surface area contributed by atoms with Gasteiger partial charge in [0.05, 0.1) is 11.9 Å². The van der Waals surface area contributed by atoms with Crippen molar-refractivity contribution in [2.75, 3.05) is 6.26 Å². The molecule has 4 nitrogen and oxygen atoms in total. The molecular formula is C18H26O4S. The van der Waals surface area contributed by atoms with Gasteiger partial charge in [-0.2, -0.15) is 8.42 Å². The summed E-state index contributed by atoms with van der Waals surface area (Å²) < 4.78 is 27.8. The van der Waals surface area contributed by atoms with E-state index in [0.29, 0.717) is 5.56 Å². The second-order valence-corrected chi connectivity index (χ2v) is 8.25. The zero-order valence-electron chi connectivity index (χ0n) is 14.9. The topological polar surface area (TPSA) is 60.4 Å². The molecule has 0 saturated heterocycles. The molecular weight excluding hydrogens is 312 g/mol. The minimum Gasteiger partial charge on any atom is -0.294 e. The lowest BCUT2D eigenvalue weighted by Gasteiger charge is -2.29. The van der Waals surface area contributed by atoms with Gasteiger partial charge in [0.15, 0.2) is 5.78 Å². The van der Waals surface area contributed by atoms with Gasteiger partial charge in [0.1, 0.15) is 0 Å². The molecule has 128 valence electrons. The summed E-state index contributed by atoms with van der Waals surface area (Å²) >= 11 is 0.